The molecule has 1 aliphatic heterocycles. The van der Waals surface area contributed by atoms with E-state index in [1.165, 1.54) is 6.92 Å². The fourth-order valence-electron chi connectivity index (χ4n) is 3.40. The molecule has 28 heavy (non-hydrogen) atoms. The number of anilines is 2. The van der Waals surface area contributed by atoms with Gasteiger partial charge in [0, 0.05) is 49.2 Å². The van der Waals surface area contributed by atoms with E-state index in [9.17, 15) is 9.59 Å². The van der Waals surface area contributed by atoms with Crippen molar-refractivity contribution in [2.24, 2.45) is 0 Å². The van der Waals surface area contributed by atoms with Crippen LogP contribution in [0.15, 0.2) is 48.5 Å². The van der Waals surface area contributed by atoms with Crippen LogP contribution in [0.5, 0.6) is 5.75 Å². The van der Waals surface area contributed by atoms with Crippen LogP contribution in [0.2, 0.25) is 0 Å². The zero-order valence-electron chi connectivity index (χ0n) is 16.6. The molecular formula is C22H27N3O3. The predicted molar refractivity (Wildman–Crippen MR) is 111 cm³/mol. The van der Waals surface area contributed by atoms with Crippen LogP contribution in [0.1, 0.15) is 24.2 Å². The molecule has 0 unspecified atom stereocenters. The van der Waals surface area contributed by atoms with E-state index in [-0.39, 0.29) is 17.7 Å². The number of carbonyl (C=O) groups is 2. The minimum Gasteiger partial charge on any atom is -0.497 e. The number of rotatable bonds is 6. The summed E-state index contributed by atoms with van der Waals surface area (Å²) >= 11 is 0. The van der Waals surface area contributed by atoms with Gasteiger partial charge in [-0.25, -0.2) is 0 Å². The maximum atomic E-state index is 12.7. The molecule has 2 aromatic rings. The lowest BCUT2D eigenvalue weighted by atomic mass is 10.1. The van der Waals surface area contributed by atoms with Crippen LogP contribution in [0, 0.1) is 0 Å². The van der Waals surface area contributed by atoms with Crippen molar-refractivity contribution in [2.75, 3.05) is 43.5 Å². The van der Waals surface area contributed by atoms with E-state index < -0.39 is 0 Å². The summed E-state index contributed by atoms with van der Waals surface area (Å²) in [6.07, 6.45) is 0. The highest BCUT2D eigenvalue weighted by atomic mass is 16.5. The van der Waals surface area contributed by atoms with Gasteiger partial charge in [0.1, 0.15) is 5.75 Å². The second-order valence-electron chi connectivity index (χ2n) is 7.03. The third-order valence-electron chi connectivity index (χ3n) is 5.20. The summed E-state index contributed by atoms with van der Waals surface area (Å²) in [5.41, 5.74) is 2.38. The van der Waals surface area contributed by atoms with E-state index in [0.717, 1.165) is 37.6 Å². The Labute approximate surface area is 166 Å². The number of nitrogens with one attached hydrogen (secondary N) is 1. The number of piperazine rings is 1. The number of ketones is 1. The molecular weight excluding hydrogens is 354 g/mol. The molecule has 1 amide bonds. The van der Waals surface area contributed by atoms with Gasteiger partial charge in [-0.3, -0.25) is 14.5 Å². The average molecular weight is 381 g/mol. The van der Waals surface area contributed by atoms with Crippen molar-refractivity contribution in [2.45, 2.75) is 19.9 Å². The lowest BCUT2D eigenvalue weighted by Gasteiger charge is -2.38. The third-order valence-corrected chi connectivity index (χ3v) is 5.20. The monoisotopic (exact) mass is 381 g/mol. The number of amides is 1. The van der Waals surface area contributed by atoms with Gasteiger partial charge in [-0.1, -0.05) is 18.2 Å². The minimum atomic E-state index is -0.242. The highest BCUT2D eigenvalue weighted by Crippen LogP contribution is 2.22. The van der Waals surface area contributed by atoms with Crippen molar-refractivity contribution in [1.29, 1.82) is 0 Å². The predicted octanol–water partition coefficient (Wildman–Crippen LogP) is 3.05. The number of nitrogens with zero attached hydrogens (tertiary/aromatic N) is 2. The van der Waals surface area contributed by atoms with Crippen molar-refractivity contribution in [3.8, 4) is 5.75 Å². The average Bonchev–Trinajstić information content (AvgIpc) is 2.73. The number of hydrogen-bond donors (Lipinski definition) is 1. The first kappa shape index (κ1) is 19.9. The summed E-state index contributed by atoms with van der Waals surface area (Å²) in [4.78, 5) is 28.7. The van der Waals surface area contributed by atoms with E-state index >= 15 is 0 Å². The number of carbonyl (C=O) groups excluding carboxylic acids is 2. The Morgan fingerprint density at radius 1 is 1.04 bits per heavy atom. The third kappa shape index (κ3) is 4.70. The molecule has 0 aromatic heterocycles. The zero-order valence-corrected chi connectivity index (χ0v) is 16.6. The van der Waals surface area contributed by atoms with Gasteiger partial charge < -0.3 is 15.0 Å². The molecule has 0 spiro atoms. The molecule has 3 rings (SSSR count). The first-order valence-electron chi connectivity index (χ1n) is 9.53. The maximum Gasteiger partial charge on any atom is 0.241 e. The van der Waals surface area contributed by atoms with E-state index in [0.29, 0.717) is 11.3 Å². The SMILES string of the molecule is COc1cccc(N2CCN([C@@H](C)C(=O)Nc3cccc(C(C)=O)c3)CC2)c1. The molecule has 1 aliphatic rings. The van der Waals surface area contributed by atoms with Crippen molar-refractivity contribution in [3.63, 3.8) is 0 Å². The van der Waals surface area contributed by atoms with Gasteiger partial charge in [0.05, 0.1) is 13.2 Å². The van der Waals surface area contributed by atoms with Gasteiger partial charge in [0.2, 0.25) is 5.91 Å². The molecule has 0 radical (unpaired) electrons. The summed E-state index contributed by atoms with van der Waals surface area (Å²) in [7, 11) is 1.67. The molecule has 0 aliphatic carbocycles. The quantitative estimate of drug-likeness (QED) is 0.780. The number of Topliss-reactive ketones (excluding diaryl/α,β-unsaturated/α-hetero) is 1. The first-order valence-corrected chi connectivity index (χ1v) is 9.53. The lowest BCUT2D eigenvalue weighted by Crippen LogP contribution is -2.52. The van der Waals surface area contributed by atoms with Gasteiger partial charge in [0.25, 0.3) is 0 Å². The van der Waals surface area contributed by atoms with Crippen LogP contribution < -0.4 is 15.0 Å². The molecule has 0 bridgehead atoms. The molecule has 0 saturated carbocycles. The van der Waals surface area contributed by atoms with Crippen molar-refractivity contribution >= 4 is 23.1 Å². The van der Waals surface area contributed by atoms with Gasteiger partial charge in [0.15, 0.2) is 5.78 Å². The van der Waals surface area contributed by atoms with Crippen LogP contribution in [-0.2, 0) is 4.79 Å². The lowest BCUT2D eigenvalue weighted by molar-refractivity contribution is -0.120. The largest absolute Gasteiger partial charge is 0.497 e. The van der Waals surface area contributed by atoms with E-state index in [2.05, 4.69) is 21.2 Å². The molecule has 2 aromatic carbocycles. The summed E-state index contributed by atoms with van der Waals surface area (Å²) in [5.74, 6) is 0.772. The topological polar surface area (TPSA) is 61.9 Å². The Morgan fingerprint density at radius 3 is 2.43 bits per heavy atom. The second kappa shape index (κ2) is 8.89. The number of hydrogen-bond acceptors (Lipinski definition) is 5. The van der Waals surface area contributed by atoms with Crippen LogP contribution in [0.4, 0.5) is 11.4 Å². The van der Waals surface area contributed by atoms with E-state index in [4.69, 9.17) is 4.74 Å². The summed E-state index contributed by atoms with van der Waals surface area (Å²) in [6.45, 7) is 6.75. The van der Waals surface area contributed by atoms with Crippen LogP contribution >= 0.6 is 0 Å². The highest BCUT2D eigenvalue weighted by Gasteiger charge is 2.26. The Kier molecular flexibility index (Phi) is 6.31. The summed E-state index contributed by atoms with van der Waals surface area (Å²) in [5, 5.41) is 2.93. The Bertz CT molecular complexity index is 844. The van der Waals surface area contributed by atoms with Crippen LogP contribution in [0.25, 0.3) is 0 Å². The normalized spacial score (nSPS) is 15.8. The molecule has 6 heteroatoms. The summed E-state index contributed by atoms with van der Waals surface area (Å²) < 4.78 is 5.31. The van der Waals surface area contributed by atoms with Crippen molar-refractivity contribution in [3.05, 3.63) is 54.1 Å². The Morgan fingerprint density at radius 2 is 1.75 bits per heavy atom. The molecule has 1 N–H and O–H groups in total. The smallest absolute Gasteiger partial charge is 0.241 e. The van der Waals surface area contributed by atoms with Crippen LogP contribution in [-0.4, -0.2) is 55.9 Å². The van der Waals surface area contributed by atoms with Gasteiger partial charge >= 0.3 is 0 Å². The van der Waals surface area contributed by atoms with Gasteiger partial charge in [-0.2, -0.15) is 0 Å². The minimum absolute atomic E-state index is 0.0159. The van der Waals surface area contributed by atoms with Gasteiger partial charge in [-0.15, -0.1) is 0 Å². The Balaban J connectivity index is 1.57. The molecule has 1 heterocycles. The van der Waals surface area contributed by atoms with E-state index in [1.807, 2.05) is 25.1 Å². The maximum absolute atomic E-state index is 12.7. The fourth-order valence-corrected chi connectivity index (χ4v) is 3.40. The molecule has 1 saturated heterocycles. The Hall–Kier alpha value is -2.86. The standard InChI is InChI=1S/C22H27N3O3/c1-16(22(27)23-19-7-4-6-18(14-19)17(2)26)24-10-12-25(13-11-24)20-8-5-9-21(15-20)28-3/h4-9,14-16H,10-13H2,1-3H3,(H,23,27)/t16-/m0/s1. The molecule has 148 valence electrons. The molecule has 1 atom stereocenters. The molecule has 1 fully saturated rings. The van der Waals surface area contributed by atoms with Crippen molar-refractivity contribution < 1.29 is 14.3 Å². The highest BCUT2D eigenvalue weighted by molar-refractivity contribution is 5.98. The fraction of sp³-hybridized carbons (Fsp3) is 0.364. The number of benzene rings is 2. The molecule has 6 nitrogen and oxygen atoms in total. The van der Waals surface area contributed by atoms with Crippen molar-refractivity contribution in [1.82, 2.24) is 4.90 Å². The second-order valence-corrected chi connectivity index (χ2v) is 7.03. The number of ether oxygens (including phenoxy) is 1. The first-order chi connectivity index (χ1) is 13.5. The summed E-state index contributed by atoms with van der Waals surface area (Å²) in [6, 6.07) is 14.9. The van der Waals surface area contributed by atoms with E-state index in [1.54, 1.807) is 31.4 Å². The zero-order chi connectivity index (χ0) is 20.1. The van der Waals surface area contributed by atoms with Gasteiger partial charge in [-0.05, 0) is 38.1 Å². The number of methoxy groups -OCH3 is 1. The van der Waals surface area contributed by atoms with Crippen LogP contribution in [0.3, 0.4) is 0 Å².